The highest BCUT2D eigenvalue weighted by molar-refractivity contribution is 6.22. The van der Waals surface area contributed by atoms with Crippen LogP contribution in [0, 0.1) is 23.5 Å². The van der Waals surface area contributed by atoms with E-state index in [2.05, 4.69) is 18.7 Å². The first-order chi connectivity index (χ1) is 10.9. The molecule has 0 aliphatic carbocycles. The highest BCUT2D eigenvalue weighted by Gasteiger charge is 2.44. The van der Waals surface area contributed by atoms with Crippen LogP contribution in [0.1, 0.15) is 26.7 Å². The number of benzene rings is 1. The highest BCUT2D eigenvalue weighted by Crippen LogP contribution is 2.30. The lowest BCUT2D eigenvalue weighted by Crippen LogP contribution is -2.48. The molecule has 1 aromatic rings. The van der Waals surface area contributed by atoms with E-state index >= 15 is 0 Å². The molecule has 0 saturated carbocycles. The minimum atomic E-state index is -1.06. The minimum Gasteiger partial charge on any atom is -0.291 e. The van der Waals surface area contributed by atoms with Gasteiger partial charge in [-0.1, -0.05) is 13.8 Å². The van der Waals surface area contributed by atoms with E-state index in [9.17, 15) is 18.4 Å². The molecule has 1 aromatic carbocycles. The standard InChI is InChI=1S/C17H20F2N2O2/c1-10-5-11(2)9-20(8-10)15-7-16(22)21(17(15)23)12-3-4-13(18)14(19)6-12/h3-4,6,10-11,15H,5,7-9H2,1-2H3. The van der Waals surface area contributed by atoms with Gasteiger partial charge in [-0.25, -0.2) is 13.7 Å². The first kappa shape index (κ1) is 16.1. The molecule has 4 nitrogen and oxygen atoms in total. The number of imide groups is 1. The van der Waals surface area contributed by atoms with Gasteiger partial charge in [0.1, 0.15) is 0 Å². The van der Waals surface area contributed by atoms with E-state index in [4.69, 9.17) is 0 Å². The van der Waals surface area contributed by atoms with Crippen molar-refractivity contribution in [1.29, 1.82) is 0 Å². The van der Waals surface area contributed by atoms with E-state index in [1.807, 2.05) is 0 Å². The zero-order valence-corrected chi connectivity index (χ0v) is 13.3. The molecule has 2 fully saturated rings. The molecular weight excluding hydrogens is 302 g/mol. The SMILES string of the molecule is CC1CC(C)CN(C2CC(=O)N(c3ccc(F)c(F)c3)C2=O)C1. The van der Waals surface area contributed by atoms with E-state index in [1.165, 1.54) is 6.07 Å². The Morgan fingerprint density at radius 3 is 2.30 bits per heavy atom. The van der Waals surface area contributed by atoms with Crippen LogP contribution in [0.2, 0.25) is 0 Å². The van der Waals surface area contributed by atoms with Crippen LogP contribution < -0.4 is 4.90 Å². The maximum Gasteiger partial charge on any atom is 0.251 e. The fourth-order valence-corrected chi connectivity index (χ4v) is 3.76. The Hall–Kier alpha value is -1.82. The Bertz CT molecular complexity index is 639. The predicted octanol–water partition coefficient (Wildman–Crippen LogP) is 2.57. The second-order valence-electron chi connectivity index (χ2n) is 6.79. The van der Waals surface area contributed by atoms with Crippen LogP contribution in [-0.2, 0) is 9.59 Å². The molecule has 2 saturated heterocycles. The third kappa shape index (κ3) is 3.00. The molecule has 0 spiro atoms. The van der Waals surface area contributed by atoms with Gasteiger partial charge in [0.25, 0.3) is 5.91 Å². The van der Waals surface area contributed by atoms with Crippen molar-refractivity contribution in [1.82, 2.24) is 4.90 Å². The molecular formula is C17H20F2N2O2. The molecule has 0 bridgehead atoms. The maximum atomic E-state index is 13.4. The van der Waals surface area contributed by atoms with Gasteiger partial charge in [-0.2, -0.15) is 0 Å². The Balaban J connectivity index is 1.83. The lowest BCUT2D eigenvalue weighted by atomic mass is 9.90. The second kappa shape index (κ2) is 6.00. The summed E-state index contributed by atoms with van der Waals surface area (Å²) in [6.45, 7) is 5.83. The summed E-state index contributed by atoms with van der Waals surface area (Å²) in [5.74, 6) is -1.83. The van der Waals surface area contributed by atoms with Crippen molar-refractivity contribution in [3.63, 3.8) is 0 Å². The van der Waals surface area contributed by atoms with Crippen LogP contribution in [-0.4, -0.2) is 35.8 Å². The van der Waals surface area contributed by atoms with Crippen molar-refractivity contribution < 1.29 is 18.4 Å². The number of amides is 2. The number of rotatable bonds is 2. The summed E-state index contributed by atoms with van der Waals surface area (Å²) in [6, 6.07) is 2.59. The third-order valence-electron chi connectivity index (χ3n) is 4.62. The predicted molar refractivity (Wildman–Crippen MR) is 81.8 cm³/mol. The molecule has 3 rings (SSSR count). The monoisotopic (exact) mass is 322 g/mol. The summed E-state index contributed by atoms with van der Waals surface area (Å²) in [6.07, 6.45) is 1.20. The molecule has 0 radical (unpaired) electrons. The summed E-state index contributed by atoms with van der Waals surface area (Å²) in [4.78, 5) is 28.0. The Morgan fingerprint density at radius 2 is 1.70 bits per heavy atom. The Morgan fingerprint density at radius 1 is 1.04 bits per heavy atom. The number of nitrogens with zero attached hydrogens (tertiary/aromatic N) is 2. The summed E-state index contributed by atoms with van der Waals surface area (Å²) in [5.41, 5.74) is 0.0968. The van der Waals surface area contributed by atoms with E-state index in [1.54, 1.807) is 0 Å². The number of piperidine rings is 1. The molecule has 3 atom stereocenters. The van der Waals surface area contributed by atoms with Crippen LogP contribution in [0.4, 0.5) is 14.5 Å². The summed E-state index contributed by atoms with van der Waals surface area (Å²) in [7, 11) is 0. The van der Waals surface area contributed by atoms with Crippen molar-refractivity contribution >= 4 is 17.5 Å². The summed E-state index contributed by atoms with van der Waals surface area (Å²) < 4.78 is 26.5. The van der Waals surface area contributed by atoms with Crippen LogP contribution in [0.3, 0.4) is 0 Å². The zero-order chi connectivity index (χ0) is 16.7. The Kier molecular flexibility index (Phi) is 4.19. The molecule has 0 N–H and O–H groups in total. The molecule has 0 aromatic heterocycles. The molecule has 124 valence electrons. The van der Waals surface area contributed by atoms with Crippen molar-refractivity contribution in [2.45, 2.75) is 32.7 Å². The molecule has 2 amide bonds. The molecule has 2 aliphatic rings. The highest BCUT2D eigenvalue weighted by atomic mass is 19.2. The normalized spacial score (nSPS) is 29.4. The van der Waals surface area contributed by atoms with Gasteiger partial charge >= 0.3 is 0 Å². The number of hydrogen-bond donors (Lipinski definition) is 0. The van der Waals surface area contributed by atoms with Crippen molar-refractivity contribution in [2.75, 3.05) is 18.0 Å². The van der Waals surface area contributed by atoms with Gasteiger partial charge in [-0.05, 0) is 30.4 Å². The van der Waals surface area contributed by atoms with Crippen molar-refractivity contribution in [2.24, 2.45) is 11.8 Å². The first-order valence-corrected chi connectivity index (χ1v) is 7.92. The van der Waals surface area contributed by atoms with Gasteiger partial charge in [0.15, 0.2) is 11.6 Å². The van der Waals surface area contributed by atoms with Gasteiger partial charge in [0, 0.05) is 19.2 Å². The molecule has 23 heavy (non-hydrogen) atoms. The molecule has 6 heteroatoms. The van der Waals surface area contributed by atoms with Crippen LogP contribution in [0.15, 0.2) is 18.2 Å². The quantitative estimate of drug-likeness (QED) is 0.786. The van der Waals surface area contributed by atoms with Crippen LogP contribution in [0.25, 0.3) is 0 Å². The van der Waals surface area contributed by atoms with E-state index in [0.29, 0.717) is 11.8 Å². The Labute approximate surface area is 134 Å². The average Bonchev–Trinajstić information content (AvgIpc) is 2.76. The van der Waals surface area contributed by atoms with Gasteiger partial charge in [-0.3, -0.25) is 14.5 Å². The summed E-state index contributed by atoms with van der Waals surface area (Å²) >= 11 is 0. The topological polar surface area (TPSA) is 40.6 Å². The molecule has 3 unspecified atom stereocenters. The first-order valence-electron chi connectivity index (χ1n) is 7.92. The number of anilines is 1. The van der Waals surface area contributed by atoms with E-state index in [0.717, 1.165) is 36.5 Å². The van der Waals surface area contributed by atoms with Gasteiger partial charge < -0.3 is 0 Å². The second-order valence-corrected chi connectivity index (χ2v) is 6.79. The number of carbonyl (C=O) groups is 2. The fraction of sp³-hybridized carbons (Fsp3) is 0.529. The summed E-state index contributed by atoms with van der Waals surface area (Å²) in [5, 5.41) is 0. The third-order valence-corrected chi connectivity index (χ3v) is 4.62. The molecule has 2 heterocycles. The minimum absolute atomic E-state index is 0.0945. The van der Waals surface area contributed by atoms with Gasteiger partial charge in [-0.15, -0.1) is 0 Å². The van der Waals surface area contributed by atoms with E-state index < -0.39 is 17.7 Å². The molecule has 2 aliphatic heterocycles. The fourth-order valence-electron chi connectivity index (χ4n) is 3.76. The smallest absolute Gasteiger partial charge is 0.251 e. The number of likely N-dealkylation sites (tertiary alicyclic amines) is 1. The number of carbonyl (C=O) groups excluding carboxylic acids is 2. The average molecular weight is 322 g/mol. The van der Waals surface area contributed by atoms with E-state index in [-0.39, 0.29) is 23.9 Å². The lowest BCUT2D eigenvalue weighted by Gasteiger charge is -2.37. The van der Waals surface area contributed by atoms with Gasteiger partial charge in [0.05, 0.1) is 18.2 Å². The number of halogens is 2. The van der Waals surface area contributed by atoms with Gasteiger partial charge in [0.2, 0.25) is 5.91 Å². The zero-order valence-electron chi connectivity index (χ0n) is 13.3. The van der Waals surface area contributed by atoms with Crippen LogP contribution >= 0.6 is 0 Å². The van der Waals surface area contributed by atoms with Crippen molar-refractivity contribution in [3.8, 4) is 0 Å². The van der Waals surface area contributed by atoms with Crippen LogP contribution in [0.5, 0.6) is 0 Å². The number of hydrogen-bond acceptors (Lipinski definition) is 3. The van der Waals surface area contributed by atoms with Crippen molar-refractivity contribution in [3.05, 3.63) is 29.8 Å². The maximum absolute atomic E-state index is 13.4. The largest absolute Gasteiger partial charge is 0.291 e. The lowest BCUT2D eigenvalue weighted by molar-refractivity contribution is -0.123.